The van der Waals surface area contributed by atoms with E-state index in [0.29, 0.717) is 31.9 Å². The highest BCUT2D eigenvalue weighted by atomic mass is 16.5. The number of aryl methyl sites for hydroxylation is 1. The molecule has 1 aliphatic heterocycles. The summed E-state index contributed by atoms with van der Waals surface area (Å²) >= 11 is 0. The first-order chi connectivity index (χ1) is 7.27. The minimum atomic E-state index is 0.0574. The van der Waals surface area contributed by atoms with E-state index in [2.05, 4.69) is 6.07 Å². The van der Waals surface area contributed by atoms with Crippen LogP contribution in [0.4, 0.5) is 0 Å². The van der Waals surface area contributed by atoms with E-state index in [0.717, 1.165) is 5.56 Å². The van der Waals surface area contributed by atoms with Gasteiger partial charge in [-0.25, -0.2) is 0 Å². The first-order valence-corrected chi connectivity index (χ1v) is 5.13. The molecule has 3 nitrogen and oxygen atoms in total. The fraction of sp³-hybridized carbons (Fsp3) is 0.417. The second kappa shape index (κ2) is 4.45. The zero-order valence-corrected chi connectivity index (χ0v) is 8.82. The Morgan fingerprint density at radius 2 is 2.20 bits per heavy atom. The van der Waals surface area contributed by atoms with Crippen molar-refractivity contribution in [3.8, 4) is 0 Å². The van der Waals surface area contributed by atoms with Crippen molar-refractivity contribution in [3.05, 3.63) is 35.4 Å². The number of amides is 1. The standard InChI is InChI=1S/C12H14NO2/c1-10-3-2-4-11(9-10)12(14)13-5-7-15-8-6-13/h2-3,9H,5-8H2,1H3. The highest BCUT2D eigenvalue weighted by molar-refractivity contribution is 5.94. The molecule has 1 aromatic carbocycles. The van der Waals surface area contributed by atoms with E-state index in [1.807, 2.05) is 24.0 Å². The number of rotatable bonds is 1. The van der Waals surface area contributed by atoms with Gasteiger partial charge in [0.1, 0.15) is 0 Å². The number of hydrogen-bond acceptors (Lipinski definition) is 2. The number of morpholine rings is 1. The summed E-state index contributed by atoms with van der Waals surface area (Å²) in [7, 11) is 0. The van der Waals surface area contributed by atoms with E-state index < -0.39 is 0 Å². The summed E-state index contributed by atoms with van der Waals surface area (Å²) in [6.45, 7) is 4.61. The fourth-order valence-corrected chi connectivity index (χ4v) is 1.64. The molecule has 0 bridgehead atoms. The predicted octanol–water partition coefficient (Wildman–Crippen LogP) is 1.27. The number of carbonyl (C=O) groups excluding carboxylic acids is 1. The number of nitrogens with zero attached hydrogens (tertiary/aromatic N) is 1. The van der Waals surface area contributed by atoms with Crippen LogP contribution in [0.3, 0.4) is 0 Å². The van der Waals surface area contributed by atoms with Crippen LogP contribution in [-0.2, 0) is 4.74 Å². The van der Waals surface area contributed by atoms with Crippen LogP contribution in [-0.4, -0.2) is 37.1 Å². The van der Waals surface area contributed by atoms with Crippen molar-refractivity contribution in [2.75, 3.05) is 26.3 Å². The highest BCUT2D eigenvalue weighted by Gasteiger charge is 2.18. The molecule has 1 heterocycles. The molecule has 79 valence electrons. The van der Waals surface area contributed by atoms with Crippen molar-refractivity contribution < 1.29 is 9.53 Å². The Balaban J connectivity index is 2.12. The van der Waals surface area contributed by atoms with E-state index in [1.165, 1.54) is 0 Å². The lowest BCUT2D eigenvalue weighted by molar-refractivity contribution is 0.0302. The van der Waals surface area contributed by atoms with E-state index in [-0.39, 0.29) is 5.91 Å². The first-order valence-electron chi connectivity index (χ1n) is 5.13. The van der Waals surface area contributed by atoms with Gasteiger partial charge in [-0.15, -0.1) is 0 Å². The van der Waals surface area contributed by atoms with E-state index in [9.17, 15) is 4.79 Å². The molecule has 0 N–H and O–H groups in total. The molecule has 0 spiro atoms. The van der Waals surface area contributed by atoms with Gasteiger partial charge in [0, 0.05) is 18.7 Å². The van der Waals surface area contributed by atoms with E-state index in [1.54, 1.807) is 6.07 Å². The van der Waals surface area contributed by atoms with Gasteiger partial charge in [-0.2, -0.15) is 0 Å². The Kier molecular flexibility index (Phi) is 3.02. The number of ether oxygens (including phenoxy) is 1. The van der Waals surface area contributed by atoms with Gasteiger partial charge in [0.25, 0.3) is 5.91 Å². The van der Waals surface area contributed by atoms with Gasteiger partial charge in [0.15, 0.2) is 0 Å². The van der Waals surface area contributed by atoms with Gasteiger partial charge in [0.05, 0.1) is 13.2 Å². The molecule has 1 saturated heterocycles. The molecule has 1 radical (unpaired) electrons. The molecular formula is C12H14NO2. The van der Waals surface area contributed by atoms with Crippen molar-refractivity contribution in [1.82, 2.24) is 4.90 Å². The van der Waals surface area contributed by atoms with Crippen LogP contribution >= 0.6 is 0 Å². The van der Waals surface area contributed by atoms with E-state index >= 15 is 0 Å². The van der Waals surface area contributed by atoms with Gasteiger partial charge < -0.3 is 9.64 Å². The lowest BCUT2D eigenvalue weighted by atomic mass is 10.1. The summed E-state index contributed by atoms with van der Waals surface area (Å²) in [6.07, 6.45) is 0. The van der Waals surface area contributed by atoms with Crippen molar-refractivity contribution >= 4 is 5.91 Å². The summed E-state index contributed by atoms with van der Waals surface area (Å²) in [5.41, 5.74) is 1.74. The third-order valence-electron chi connectivity index (χ3n) is 2.49. The number of hydrogen-bond donors (Lipinski definition) is 0. The number of benzene rings is 1. The molecule has 1 aromatic rings. The maximum atomic E-state index is 12.0. The van der Waals surface area contributed by atoms with Crippen LogP contribution in [0.1, 0.15) is 15.9 Å². The third-order valence-corrected chi connectivity index (χ3v) is 2.49. The highest BCUT2D eigenvalue weighted by Crippen LogP contribution is 2.08. The fourth-order valence-electron chi connectivity index (χ4n) is 1.64. The Bertz CT molecular complexity index is 356. The summed E-state index contributed by atoms with van der Waals surface area (Å²) < 4.78 is 5.21. The molecule has 15 heavy (non-hydrogen) atoms. The maximum absolute atomic E-state index is 12.0. The first kappa shape index (κ1) is 10.2. The molecule has 1 amide bonds. The molecule has 0 aromatic heterocycles. The second-order valence-corrected chi connectivity index (χ2v) is 3.68. The molecule has 0 unspecified atom stereocenters. The summed E-state index contributed by atoms with van der Waals surface area (Å²) in [4.78, 5) is 13.8. The quantitative estimate of drug-likeness (QED) is 0.689. The van der Waals surface area contributed by atoms with Gasteiger partial charge in [0.2, 0.25) is 0 Å². The third kappa shape index (κ3) is 2.36. The SMILES string of the molecule is Cc1cc[c]c(C(=O)N2CCOCC2)c1. The van der Waals surface area contributed by atoms with Crippen molar-refractivity contribution in [1.29, 1.82) is 0 Å². The topological polar surface area (TPSA) is 29.5 Å². The smallest absolute Gasteiger partial charge is 0.254 e. The lowest BCUT2D eigenvalue weighted by Gasteiger charge is -2.26. The summed E-state index contributed by atoms with van der Waals surface area (Å²) in [5, 5.41) is 0. The monoisotopic (exact) mass is 204 g/mol. The molecule has 1 aliphatic rings. The Morgan fingerprint density at radius 3 is 2.87 bits per heavy atom. The van der Waals surface area contributed by atoms with Crippen LogP contribution < -0.4 is 0 Å². The summed E-state index contributed by atoms with van der Waals surface area (Å²) in [6, 6.07) is 8.58. The van der Waals surface area contributed by atoms with Gasteiger partial charge >= 0.3 is 0 Å². The van der Waals surface area contributed by atoms with Crippen LogP contribution in [0.15, 0.2) is 18.2 Å². The molecule has 2 rings (SSSR count). The van der Waals surface area contributed by atoms with Gasteiger partial charge in [-0.05, 0) is 19.1 Å². The number of carbonyl (C=O) groups is 1. The molecular weight excluding hydrogens is 190 g/mol. The van der Waals surface area contributed by atoms with Crippen LogP contribution in [0.25, 0.3) is 0 Å². The van der Waals surface area contributed by atoms with Crippen LogP contribution in [0.5, 0.6) is 0 Å². The second-order valence-electron chi connectivity index (χ2n) is 3.68. The minimum Gasteiger partial charge on any atom is -0.378 e. The van der Waals surface area contributed by atoms with Crippen molar-refractivity contribution in [2.24, 2.45) is 0 Å². The Labute approximate surface area is 89.7 Å². The molecule has 0 saturated carbocycles. The maximum Gasteiger partial charge on any atom is 0.254 e. The Morgan fingerprint density at radius 1 is 1.47 bits per heavy atom. The molecule has 0 atom stereocenters. The molecule has 0 aliphatic carbocycles. The average molecular weight is 204 g/mol. The van der Waals surface area contributed by atoms with Crippen LogP contribution in [0.2, 0.25) is 0 Å². The van der Waals surface area contributed by atoms with Gasteiger partial charge in [-0.3, -0.25) is 4.79 Å². The lowest BCUT2D eigenvalue weighted by Crippen LogP contribution is -2.40. The largest absolute Gasteiger partial charge is 0.378 e. The summed E-state index contributed by atoms with van der Waals surface area (Å²) in [5.74, 6) is 0.0574. The van der Waals surface area contributed by atoms with Crippen molar-refractivity contribution in [2.45, 2.75) is 6.92 Å². The van der Waals surface area contributed by atoms with E-state index in [4.69, 9.17) is 4.74 Å². The zero-order valence-electron chi connectivity index (χ0n) is 8.82. The zero-order chi connectivity index (χ0) is 10.7. The van der Waals surface area contributed by atoms with Crippen molar-refractivity contribution in [3.63, 3.8) is 0 Å². The minimum absolute atomic E-state index is 0.0574. The normalized spacial score (nSPS) is 16.5. The predicted molar refractivity (Wildman–Crippen MR) is 56.7 cm³/mol. The van der Waals surface area contributed by atoms with Gasteiger partial charge in [-0.1, -0.05) is 17.7 Å². The molecule has 1 fully saturated rings. The molecule has 3 heteroatoms. The van der Waals surface area contributed by atoms with Crippen LogP contribution in [0, 0.1) is 13.0 Å². The Hall–Kier alpha value is -1.35. The average Bonchev–Trinajstić information content (AvgIpc) is 2.29.